The Balaban J connectivity index is 1.67. The molecule has 0 aliphatic carbocycles. The number of para-hydroxylation sites is 1. The van der Waals surface area contributed by atoms with Crippen molar-refractivity contribution >= 4 is 11.9 Å². The standard InChI is InChI=1S/C20H23NO4/c1-15-8-10-17(11-9-15)14-21-20(23)16(2)25-19(22)12-13-24-18-6-4-3-5-7-18/h3-11,16H,12-14H2,1-2H3,(H,21,23)/t16-/m1/s1. The van der Waals surface area contributed by atoms with Gasteiger partial charge in [-0.1, -0.05) is 48.0 Å². The SMILES string of the molecule is Cc1ccc(CNC(=O)[C@@H](C)OC(=O)CCOc2ccccc2)cc1. The van der Waals surface area contributed by atoms with Gasteiger partial charge in [0.1, 0.15) is 5.75 Å². The molecule has 2 aromatic rings. The highest BCUT2D eigenvalue weighted by Gasteiger charge is 2.17. The van der Waals surface area contributed by atoms with Crippen molar-refractivity contribution in [1.82, 2.24) is 5.32 Å². The van der Waals surface area contributed by atoms with E-state index in [1.807, 2.05) is 61.5 Å². The van der Waals surface area contributed by atoms with Gasteiger partial charge in [0.05, 0.1) is 13.0 Å². The Morgan fingerprint density at radius 1 is 1.04 bits per heavy atom. The lowest BCUT2D eigenvalue weighted by Crippen LogP contribution is -2.35. The number of aryl methyl sites for hydroxylation is 1. The van der Waals surface area contributed by atoms with Gasteiger partial charge < -0.3 is 14.8 Å². The van der Waals surface area contributed by atoms with E-state index >= 15 is 0 Å². The number of hydrogen-bond donors (Lipinski definition) is 1. The number of benzene rings is 2. The second kappa shape index (κ2) is 9.47. The summed E-state index contributed by atoms with van der Waals surface area (Å²) in [6.45, 7) is 4.17. The third kappa shape index (κ3) is 6.67. The van der Waals surface area contributed by atoms with Gasteiger partial charge in [-0.15, -0.1) is 0 Å². The zero-order valence-electron chi connectivity index (χ0n) is 14.5. The molecule has 0 heterocycles. The summed E-state index contributed by atoms with van der Waals surface area (Å²) < 4.78 is 10.6. The zero-order chi connectivity index (χ0) is 18.1. The van der Waals surface area contributed by atoms with Gasteiger partial charge in [-0.05, 0) is 31.5 Å². The fourth-order valence-electron chi connectivity index (χ4n) is 2.12. The zero-order valence-corrected chi connectivity index (χ0v) is 14.5. The quantitative estimate of drug-likeness (QED) is 0.750. The first-order valence-electron chi connectivity index (χ1n) is 8.25. The van der Waals surface area contributed by atoms with Gasteiger partial charge in [-0.3, -0.25) is 9.59 Å². The monoisotopic (exact) mass is 341 g/mol. The molecule has 0 unspecified atom stereocenters. The van der Waals surface area contributed by atoms with Gasteiger partial charge in [-0.25, -0.2) is 0 Å². The van der Waals surface area contributed by atoms with E-state index in [0.29, 0.717) is 12.3 Å². The molecule has 1 amide bonds. The van der Waals surface area contributed by atoms with E-state index in [9.17, 15) is 9.59 Å². The number of carbonyl (C=O) groups is 2. The lowest BCUT2D eigenvalue weighted by atomic mass is 10.1. The Bertz CT molecular complexity index is 683. The summed E-state index contributed by atoms with van der Waals surface area (Å²) in [7, 11) is 0. The minimum Gasteiger partial charge on any atom is -0.493 e. The number of esters is 1. The molecule has 25 heavy (non-hydrogen) atoms. The van der Waals surface area contributed by atoms with E-state index in [-0.39, 0.29) is 18.9 Å². The van der Waals surface area contributed by atoms with Gasteiger partial charge in [0.25, 0.3) is 5.91 Å². The first-order chi connectivity index (χ1) is 12.0. The molecule has 0 bridgehead atoms. The number of rotatable bonds is 8. The van der Waals surface area contributed by atoms with Crippen LogP contribution >= 0.6 is 0 Å². The topological polar surface area (TPSA) is 64.6 Å². The maximum absolute atomic E-state index is 12.0. The van der Waals surface area contributed by atoms with Gasteiger partial charge >= 0.3 is 5.97 Å². The van der Waals surface area contributed by atoms with Gasteiger partial charge in [0.2, 0.25) is 0 Å². The maximum Gasteiger partial charge on any atom is 0.310 e. The molecular formula is C20H23NO4. The summed E-state index contributed by atoms with van der Waals surface area (Å²) in [5, 5.41) is 2.76. The summed E-state index contributed by atoms with van der Waals surface area (Å²) >= 11 is 0. The first-order valence-corrected chi connectivity index (χ1v) is 8.25. The van der Waals surface area contributed by atoms with Crippen molar-refractivity contribution in [2.75, 3.05) is 6.61 Å². The molecule has 0 spiro atoms. The van der Waals surface area contributed by atoms with Crippen LogP contribution in [0.4, 0.5) is 0 Å². The molecule has 0 aromatic heterocycles. The maximum atomic E-state index is 12.0. The van der Waals surface area contributed by atoms with Crippen LogP contribution in [-0.2, 0) is 20.9 Å². The number of amides is 1. The van der Waals surface area contributed by atoms with E-state index in [1.54, 1.807) is 6.92 Å². The molecule has 0 saturated heterocycles. The Hall–Kier alpha value is -2.82. The van der Waals surface area contributed by atoms with Gasteiger partial charge in [0.15, 0.2) is 6.10 Å². The van der Waals surface area contributed by atoms with Crippen LogP contribution in [0.15, 0.2) is 54.6 Å². The highest BCUT2D eigenvalue weighted by molar-refractivity contribution is 5.83. The predicted octanol–water partition coefficient (Wildman–Crippen LogP) is 3.01. The van der Waals surface area contributed by atoms with E-state index in [2.05, 4.69) is 5.32 Å². The Morgan fingerprint density at radius 3 is 2.40 bits per heavy atom. The van der Waals surface area contributed by atoms with Crippen molar-refractivity contribution in [2.24, 2.45) is 0 Å². The van der Waals surface area contributed by atoms with Crippen LogP contribution < -0.4 is 10.1 Å². The average molecular weight is 341 g/mol. The lowest BCUT2D eigenvalue weighted by molar-refractivity contribution is -0.155. The van der Waals surface area contributed by atoms with Crippen molar-refractivity contribution in [1.29, 1.82) is 0 Å². The van der Waals surface area contributed by atoms with Crippen molar-refractivity contribution in [2.45, 2.75) is 32.9 Å². The molecule has 2 aromatic carbocycles. The Kier molecular flexibility index (Phi) is 7.01. The van der Waals surface area contributed by atoms with E-state index < -0.39 is 12.1 Å². The van der Waals surface area contributed by atoms with Crippen LogP contribution in [0.1, 0.15) is 24.5 Å². The normalized spacial score (nSPS) is 11.4. The molecule has 5 nitrogen and oxygen atoms in total. The van der Waals surface area contributed by atoms with Gasteiger partial charge in [0, 0.05) is 6.54 Å². The largest absolute Gasteiger partial charge is 0.493 e. The highest BCUT2D eigenvalue weighted by atomic mass is 16.5. The molecule has 0 aliphatic heterocycles. The van der Waals surface area contributed by atoms with Crippen molar-refractivity contribution < 1.29 is 19.1 Å². The summed E-state index contributed by atoms with van der Waals surface area (Å²) in [5.41, 5.74) is 2.16. The van der Waals surface area contributed by atoms with Crippen molar-refractivity contribution in [3.8, 4) is 5.75 Å². The molecule has 1 atom stereocenters. The fraction of sp³-hybridized carbons (Fsp3) is 0.300. The summed E-state index contributed by atoms with van der Waals surface area (Å²) in [5.74, 6) is -0.0917. The molecule has 0 fully saturated rings. The van der Waals surface area contributed by atoms with Crippen molar-refractivity contribution in [3.63, 3.8) is 0 Å². The fourth-order valence-corrected chi connectivity index (χ4v) is 2.12. The van der Waals surface area contributed by atoms with E-state index in [0.717, 1.165) is 11.1 Å². The second-order valence-electron chi connectivity index (χ2n) is 5.75. The highest BCUT2D eigenvalue weighted by Crippen LogP contribution is 2.09. The predicted molar refractivity (Wildman–Crippen MR) is 95.1 cm³/mol. The number of hydrogen-bond acceptors (Lipinski definition) is 4. The van der Waals surface area contributed by atoms with Crippen LogP contribution in [0.25, 0.3) is 0 Å². The third-order valence-corrected chi connectivity index (χ3v) is 3.58. The molecule has 2 rings (SSSR count). The molecule has 1 N–H and O–H groups in total. The van der Waals surface area contributed by atoms with E-state index in [4.69, 9.17) is 9.47 Å². The van der Waals surface area contributed by atoms with Crippen LogP contribution in [0, 0.1) is 6.92 Å². The minimum atomic E-state index is -0.838. The number of ether oxygens (including phenoxy) is 2. The van der Waals surface area contributed by atoms with E-state index in [1.165, 1.54) is 0 Å². The molecule has 5 heteroatoms. The second-order valence-corrected chi connectivity index (χ2v) is 5.75. The van der Waals surface area contributed by atoms with Crippen LogP contribution in [0.3, 0.4) is 0 Å². The Labute approximate surface area is 148 Å². The molecule has 132 valence electrons. The molecule has 0 radical (unpaired) electrons. The first kappa shape index (κ1) is 18.5. The molecular weight excluding hydrogens is 318 g/mol. The average Bonchev–Trinajstić information content (AvgIpc) is 2.61. The van der Waals surface area contributed by atoms with Crippen LogP contribution in [0.5, 0.6) is 5.75 Å². The van der Waals surface area contributed by atoms with Crippen LogP contribution in [0.2, 0.25) is 0 Å². The number of nitrogens with one attached hydrogen (secondary N) is 1. The molecule has 0 saturated carbocycles. The molecule has 0 aliphatic rings. The summed E-state index contributed by atoms with van der Waals surface area (Å²) in [4.78, 5) is 23.8. The summed E-state index contributed by atoms with van der Waals surface area (Å²) in [6, 6.07) is 17.1. The van der Waals surface area contributed by atoms with Crippen molar-refractivity contribution in [3.05, 3.63) is 65.7 Å². The lowest BCUT2D eigenvalue weighted by Gasteiger charge is -2.14. The summed E-state index contributed by atoms with van der Waals surface area (Å²) in [6.07, 6.45) is -0.750. The smallest absolute Gasteiger partial charge is 0.310 e. The minimum absolute atomic E-state index is 0.0878. The number of carbonyl (C=O) groups excluding carboxylic acids is 2. The third-order valence-electron chi connectivity index (χ3n) is 3.58. The van der Waals surface area contributed by atoms with Gasteiger partial charge in [-0.2, -0.15) is 0 Å². The Morgan fingerprint density at radius 2 is 1.72 bits per heavy atom. The van der Waals surface area contributed by atoms with Crippen LogP contribution in [-0.4, -0.2) is 24.6 Å².